The molecule has 0 N–H and O–H groups in total. The Kier molecular flexibility index (Phi) is 7.16. The smallest absolute Gasteiger partial charge is 0.339 e. The van der Waals surface area contributed by atoms with Gasteiger partial charge in [0, 0.05) is 17.7 Å². The van der Waals surface area contributed by atoms with Gasteiger partial charge in [-0.25, -0.2) is 4.79 Å². The van der Waals surface area contributed by atoms with Crippen LogP contribution in [0.1, 0.15) is 22.2 Å². The zero-order valence-electron chi connectivity index (χ0n) is 13.9. The molecule has 1 aromatic heterocycles. The molecule has 0 saturated heterocycles. The number of carbonyl (C=O) groups excluding carboxylic acids is 2. The maximum atomic E-state index is 12.3. The first-order valence-electron chi connectivity index (χ1n) is 7.54. The van der Waals surface area contributed by atoms with Crippen LogP contribution in [0.5, 0.6) is 0 Å². The Morgan fingerprint density at radius 2 is 1.96 bits per heavy atom. The number of amides is 1. The van der Waals surface area contributed by atoms with E-state index < -0.39 is 16.8 Å². The van der Waals surface area contributed by atoms with Gasteiger partial charge in [0.15, 0.2) is 6.61 Å². The van der Waals surface area contributed by atoms with Gasteiger partial charge in [0.2, 0.25) is 0 Å². The van der Waals surface area contributed by atoms with E-state index in [1.807, 2.05) is 13.0 Å². The van der Waals surface area contributed by atoms with Crippen molar-refractivity contribution in [2.24, 2.45) is 0 Å². The van der Waals surface area contributed by atoms with E-state index in [-0.39, 0.29) is 18.1 Å². The maximum absolute atomic E-state index is 12.3. The fourth-order valence-corrected chi connectivity index (χ4v) is 4.02. The van der Waals surface area contributed by atoms with Crippen LogP contribution in [0, 0.1) is 0 Å². The van der Waals surface area contributed by atoms with E-state index in [4.69, 9.17) is 16.3 Å². The number of ether oxygens (including phenoxy) is 1. The molecule has 0 fully saturated rings. The molecule has 0 aliphatic heterocycles. The Balaban J connectivity index is 1.98. The minimum Gasteiger partial charge on any atom is -0.452 e. The van der Waals surface area contributed by atoms with Gasteiger partial charge in [-0.05, 0) is 31.2 Å². The quantitative estimate of drug-likeness (QED) is 0.670. The van der Waals surface area contributed by atoms with Crippen molar-refractivity contribution in [1.29, 1.82) is 0 Å². The fraction of sp³-hybridized carbons (Fsp3) is 0.294. The Morgan fingerprint density at radius 3 is 2.56 bits per heavy atom. The van der Waals surface area contributed by atoms with Gasteiger partial charge < -0.3 is 9.64 Å². The maximum Gasteiger partial charge on any atom is 0.339 e. The summed E-state index contributed by atoms with van der Waals surface area (Å²) in [5.74, 6) is -0.954. The summed E-state index contributed by atoms with van der Waals surface area (Å²) < 4.78 is 17.5. The first-order chi connectivity index (χ1) is 11.9. The molecule has 0 saturated carbocycles. The molecular weight excluding hydrogens is 382 g/mol. The minimum atomic E-state index is -1.32. The molecule has 1 atom stereocenters. The lowest BCUT2D eigenvalue weighted by Crippen LogP contribution is -2.34. The Bertz CT molecular complexity index is 790. The summed E-state index contributed by atoms with van der Waals surface area (Å²) in [4.78, 5) is 27.4. The number of hydrogen-bond acceptors (Lipinski definition) is 5. The van der Waals surface area contributed by atoms with Crippen molar-refractivity contribution in [3.63, 3.8) is 0 Å². The topological polar surface area (TPSA) is 63.7 Å². The van der Waals surface area contributed by atoms with Crippen LogP contribution in [0.3, 0.4) is 0 Å². The second-order valence-electron chi connectivity index (χ2n) is 5.14. The summed E-state index contributed by atoms with van der Waals surface area (Å²) in [7, 11) is -1.32. The minimum absolute atomic E-state index is 0.212. The highest BCUT2D eigenvalue weighted by Crippen LogP contribution is 2.22. The van der Waals surface area contributed by atoms with Crippen LogP contribution in [0.2, 0.25) is 4.34 Å². The molecule has 0 spiro atoms. The van der Waals surface area contributed by atoms with Gasteiger partial charge in [0.05, 0.1) is 32.1 Å². The second kappa shape index (κ2) is 9.12. The fourth-order valence-electron chi connectivity index (χ4n) is 2.18. The lowest BCUT2D eigenvalue weighted by atomic mass is 10.2. The molecule has 25 heavy (non-hydrogen) atoms. The molecule has 1 aromatic carbocycles. The van der Waals surface area contributed by atoms with Crippen LogP contribution >= 0.6 is 22.9 Å². The Morgan fingerprint density at radius 1 is 1.24 bits per heavy atom. The number of halogens is 1. The van der Waals surface area contributed by atoms with Gasteiger partial charge in [0.1, 0.15) is 0 Å². The summed E-state index contributed by atoms with van der Waals surface area (Å²) >= 11 is 7.30. The molecule has 0 radical (unpaired) electrons. The first kappa shape index (κ1) is 19.6. The van der Waals surface area contributed by atoms with Crippen LogP contribution < -0.4 is 0 Å². The lowest BCUT2D eigenvalue weighted by molar-refractivity contribution is -0.134. The van der Waals surface area contributed by atoms with Crippen LogP contribution in [0.4, 0.5) is 0 Å². The van der Waals surface area contributed by atoms with Gasteiger partial charge in [-0.3, -0.25) is 9.00 Å². The van der Waals surface area contributed by atoms with E-state index in [0.29, 0.717) is 22.3 Å². The van der Waals surface area contributed by atoms with Crippen LogP contribution in [0.25, 0.3) is 0 Å². The highest BCUT2D eigenvalue weighted by Gasteiger charge is 2.19. The number of carbonyl (C=O) groups is 2. The third-order valence-electron chi connectivity index (χ3n) is 3.45. The third kappa shape index (κ3) is 5.39. The predicted molar refractivity (Wildman–Crippen MR) is 99.5 cm³/mol. The monoisotopic (exact) mass is 399 g/mol. The van der Waals surface area contributed by atoms with E-state index in [1.54, 1.807) is 29.2 Å². The Hall–Kier alpha value is -1.70. The summed E-state index contributed by atoms with van der Waals surface area (Å²) in [6, 6.07) is 10.1. The number of rotatable bonds is 7. The van der Waals surface area contributed by atoms with Crippen molar-refractivity contribution in [3.8, 4) is 0 Å². The molecule has 0 aliphatic rings. The van der Waals surface area contributed by atoms with Crippen LogP contribution in [-0.2, 0) is 26.9 Å². The van der Waals surface area contributed by atoms with E-state index in [0.717, 1.165) is 4.88 Å². The van der Waals surface area contributed by atoms with Crippen molar-refractivity contribution >= 4 is 45.6 Å². The van der Waals surface area contributed by atoms with E-state index in [2.05, 4.69) is 0 Å². The molecular formula is C17H18ClNO4S2. The van der Waals surface area contributed by atoms with Gasteiger partial charge in [-0.15, -0.1) is 11.3 Å². The van der Waals surface area contributed by atoms with Gasteiger partial charge >= 0.3 is 5.97 Å². The molecule has 2 aromatic rings. The second-order valence-corrected chi connectivity index (χ2v) is 8.29. The molecule has 0 aliphatic carbocycles. The highest BCUT2D eigenvalue weighted by atomic mass is 35.5. The number of hydrogen-bond donors (Lipinski definition) is 0. The molecule has 2 rings (SSSR count). The molecule has 5 nitrogen and oxygen atoms in total. The molecule has 1 heterocycles. The number of likely N-dealkylation sites (N-methyl/N-ethyl adjacent to an activating group) is 1. The Labute approximate surface area is 158 Å². The van der Waals surface area contributed by atoms with Gasteiger partial charge in [0.25, 0.3) is 5.91 Å². The molecule has 8 heteroatoms. The zero-order valence-corrected chi connectivity index (χ0v) is 16.2. The van der Waals surface area contributed by atoms with Gasteiger partial charge in [-0.1, -0.05) is 23.7 Å². The summed E-state index contributed by atoms with van der Waals surface area (Å²) in [5, 5.41) is 0. The summed E-state index contributed by atoms with van der Waals surface area (Å²) in [6.07, 6.45) is 1.49. The SMILES string of the molecule is CCN(Cc1ccc(Cl)s1)C(=O)COC(=O)c1ccccc1[S@](C)=O. The molecule has 0 bridgehead atoms. The number of benzene rings is 1. The average molecular weight is 400 g/mol. The van der Waals surface area contributed by atoms with E-state index in [1.165, 1.54) is 23.7 Å². The summed E-state index contributed by atoms with van der Waals surface area (Å²) in [6.45, 7) is 2.39. The normalized spacial score (nSPS) is 11.8. The first-order valence-corrected chi connectivity index (χ1v) is 10.3. The number of esters is 1. The summed E-state index contributed by atoms with van der Waals surface area (Å²) in [5.41, 5.74) is 0.212. The lowest BCUT2D eigenvalue weighted by Gasteiger charge is -2.20. The van der Waals surface area contributed by atoms with E-state index in [9.17, 15) is 13.8 Å². The van der Waals surface area contributed by atoms with Crippen molar-refractivity contribution in [1.82, 2.24) is 4.90 Å². The largest absolute Gasteiger partial charge is 0.452 e. The standard InChI is InChI=1S/C17H18ClNO4S2/c1-3-19(10-12-8-9-15(18)24-12)16(20)11-23-17(21)13-6-4-5-7-14(13)25(2)22/h4-9H,3,10-11H2,1-2H3/t25-/m0/s1. The molecule has 0 unspecified atom stereocenters. The highest BCUT2D eigenvalue weighted by molar-refractivity contribution is 7.84. The average Bonchev–Trinajstić information content (AvgIpc) is 3.02. The zero-order chi connectivity index (χ0) is 18.4. The van der Waals surface area contributed by atoms with Crippen molar-refractivity contribution in [2.75, 3.05) is 19.4 Å². The third-order valence-corrected chi connectivity index (χ3v) is 5.64. The van der Waals surface area contributed by atoms with Crippen molar-refractivity contribution in [3.05, 3.63) is 51.2 Å². The van der Waals surface area contributed by atoms with E-state index >= 15 is 0 Å². The van der Waals surface area contributed by atoms with Crippen molar-refractivity contribution < 1.29 is 18.5 Å². The van der Waals surface area contributed by atoms with Crippen molar-refractivity contribution in [2.45, 2.75) is 18.4 Å². The van der Waals surface area contributed by atoms with Gasteiger partial charge in [-0.2, -0.15) is 0 Å². The van der Waals surface area contributed by atoms with Crippen LogP contribution in [0.15, 0.2) is 41.3 Å². The number of thiophene rings is 1. The van der Waals surface area contributed by atoms with Crippen LogP contribution in [-0.4, -0.2) is 40.4 Å². The molecule has 1 amide bonds. The predicted octanol–water partition coefficient (Wildman–Crippen LogP) is 3.34. The number of nitrogens with zero attached hydrogens (tertiary/aromatic N) is 1. The molecule has 134 valence electrons.